The van der Waals surface area contributed by atoms with Crippen LogP contribution in [-0.4, -0.2) is 61.3 Å². The minimum absolute atomic E-state index is 0.0400. The second kappa shape index (κ2) is 29.9. The summed E-state index contributed by atoms with van der Waals surface area (Å²) in [6.07, 6.45) is 0. The molecule has 0 heterocycles. The summed E-state index contributed by atoms with van der Waals surface area (Å²) in [5.74, 6) is 2.90. The van der Waals surface area contributed by atoms with Crippen molar-refractivity contribution in [1.29, 1.82) is 0 Å². The van der Waals surface area contributed by atoms with Gasteiger partial charge in [0.1, 0.15) is 69.0 Å². The number of hydrogen-bond donors (Lipinski definition) is 12. The van der Waals surface area contributed by atoms with Gasteiger partial charge in [-0.05, 0) is 291 Å². The molecule has 0 radical (unpaired) electrons. The smallest absolute Gasteiger partial charge is 0.121 e. The fourth-order valence-corrected chi connectivity index (χ4v) is 13.4. The Bertz CT molecular complexity index is 4440. The van der Waals surface area contributed by atoms with Gasteiger partial charge >= 0.3 is 0 Å². The first-order valence-corrected chi connectivity index (χ1v) is 32.9. The monoisotopic (exact) mass is 1340 g/mol. The first kappa shape index (κ1) is 72.5. The second-order valence-electron chi connectivity index (χ2n) is 26.4. The molecule has 12 rings (SSSR count). The van der Waals surface area contributed by atoms with Gasteiger partial charge in [0.05, 0.1) is 0 Å². The Morgan fingerprint density at radius 2 is 0.470 bits per heavy atom. The maximum atomic E-state index is 10.8. The van der Waals surface area contributed by atoms with Gasteiger partial charge in [0.25, 0.3) is 0 Å². The zero-order valence-corrected chi connectivity index (χ0v) is 58.5. The molecule has 12 N–H and O–H groups in total. The molecular weight excluding hydrogens is 1250 g/mol. The fraction of sp³-hybridized carbons (Fsp3) is 0.182. The number of para-hydroxylation sites is 1. The predicted molar refractivity (Wildman–Crippen MR) is 398 cm³/mol. The molecule has 512 valence electrons. The second-order valence-corrected chi connectivity index (χ2v) is 26.4. The van der Waals surface area contributed by atoms with Crippen molar-refractivity contribution in [3.05, 3.63) is 353 Å². The van der Waals surface area contributed by atoms with Gasteiger partial charge in [-0.15, -0.1) is 0 Å². The molecule has 12 aromatic rings. The minimum Gasteiger partial charge on any atom is -0.508 e. The van der Waals surface area contributed by atoms with Gasteiger partial charge in [-0.1, -0.05) is 140 Å². The van der Waals surface area contributed by atoms with Crippen LogP contribution >= 0.6 is 0 Å². The lowest BCUT2D eigenvalue weighted by atomic mass is 9.66. The van der Waals surface area contributed by atoms with Crippen LogP contribution in [0.5, 0.6) is 69.0 Å². The Hall–Kier alpha value is -11.8. The van der Waals surface area contributed by atoms with Crippen LogP contribution in [0, 0.1) is 62.3 Å². The Morgan fingerprint density at radius 1 is 0.220 bits per heavy atom. The van der Waals surface area contributed by atoms with Crippen LogP contribution < -0.4 is 0 Å². The van der Waals surface area contributed by atoms with Crippen molar-refractivity contribution < 1.29 is 61.3 Å². The highest BCUT2D eigenvalue weighted by Crippen LogP contribution is 2.50. The summed E-state index contributed by atoms with van der Waals surface area (Å²) in [7, 11) is 0. The van der Waals surface area contributed by atoms with Crippen LogP contribution in [0.25, 0.3) is 0 Å². The number of phenols is 12. The molecule has 12 nitrogen and oxygen atoms in total. The number of benzene rings is 12. The van der Waals surface area contributed by atoms with Crippen LogP contribution in [0.4, 0.5) is 0 Å². The maximum Gasteiger partial charge on any atom is 0.121 e. The average Bonchev–Trinajstić information content (AvgIpc) is 0.742. The summed E-state index contributed by atoms with van der Waals surface area (Å²) in [4.78, 5) is 0. The highest BCUT2D eigenvalue weighted by atomic mass is 16.3. The van der Waals surface area contributed by atoms with E-state index < -0.39 is 16.2 Å². The lowest BCUT2D eigenvalue weighted by Gasteiger charge is -2.36. The van der Waals surface area contributed by atoms with Crippen LogP contribution in [0.3, 0.4) is 0 Å². The van der Waals surface area contributed by atoms with Crippen molar-refractivity contribution in [3.8, 4) is 69.0 Å². The third-order valence-electron chi connectivity index (χ3n) is 20.0. The van der Waals surface area contributed by atoms with Gasteiger partial charge < -0.3 is 61.3 Å². The standard InChI is InChI=1S/C26H30O3.C23H24O3.C20H18O3.C19H16O3/c1-14-12-21(16(3)18(5)24(14)28)26(7,20-10-8-9-11-23(20)27)22-13-15(2)25(29)19(6)17(22)4;1-14-11-17(5-8-20(14)24)23(4,18-6-9-21(25)15(2)12-18)19-7-10-22(26)16(3)13-19;1-20(14-2-8-17(21)9-3-14,15-4-10-18(22)11-5-15)16-6-12-19(23)13-7-16;20-16-7-1-13(2-8-16)19(14-3-9-17(21)10-4-14)15-5-11-18(22)12-6-15/h8-13,27-29H,1-7H3;5-13,24-26H,1-4H3;2-13,21-23H,1H3;1-12,19-22H. The van der Waals surface area contributed by atoms with Crippen molar-refractivity contribution in [3.63, 3.8) is 0 Å². The predicted octanol–water partition coefficient (Wildman–Crippen LogP) is 19.2. The summed E-state index contributed by atoms with van der Waals surface area (Å²) in [5.41, 5.74) is 18.0. The summed E-state index contributed by atoms with van der Waals surface area (Å²) in [5, 5.41) is 119. The lowest BCUT2D eigenvalue weighted by molar-refractivity contribution is 0.453. The molecule has 0 saturated heterocycles. The fourth-order valence-electron chi connectivity index (χ4n) is 13.4. The van der Waals surface area contributed by atoms with E-state index in [4.69, 9.17) is 0 Å². The highest BCUT2D eigenvalue weighted by Gasteiger charge is 2.39. The number of rotatable bonds is 12. The van der Waals surface area contributed by atoms with E-state index in [1.165, 1.54) is 0 Å². The summed E-state index contributed by atoms with van der Waals surface area (Å²) >= 11 is 0. The van der Waals surface area contributed by atoms with Gasteiger partial charge in [0, 0.05) is 27.7 Å². The van der Waals surface area contributed by atoms with Gasteiger partial charge in [-0.3, -0.25) is 0 Å². The van der Waals surface area contributed by atoms with Crippen molar-refractivity contribution in [2.24, 2.45) is 0 Å². The molecule has 0 unspecified atom stereocenters. The van der Waals surface area contributed by atoms with Crippen LogP contribution in [0.2, 0.25) is 0 Å². The molecule has 0 fully saturated rings. The number of hydrogen-bond acceptors (Lipinski definition) is 12. The number of aromatic hydroxyl groups is 12. The molecule has 0 atom stereocenters. The Labute approximate surface area is 585 Å². The third kappa shape index (κ3) is 15.0. The van der Waals surface area contributed by atoms with E-state index in [-0.39, 0.29) is 63.4 Å². The van der Waals surface area contributed by atoms with Gasteiger partial charge in [-0.2, -0.15) is 0 Å². The van der Waals surface area contributed by atoms with Gasteiger partial charge in [0.2, 0.25) is 0 Å². The van der Waals surface area contributed by atoms with Crippen molar-refractivity contribution in [2.45, 2.75) is 105 Å². The zero-order valence-electron chi connectivity index (χ0n) is 58.5. The molecule has 0 saturated carbocycles. The normalized spacial score (nSPS) is 11.4. The summed E-state index contributed by atoms with van der Waals surface area (Å²) in [6.45, 7) is 23.6. The van der Waals surface area contributed by atoms with Crippen molar-refractivity contribution in [1.82, 2.24) is 0 Å². The molecule has 0 bridgehead atoms. The highest BCUT2D eigenvalue weighted by molar-refractivity contribution is 5.65. The largest absolute Gasteiger partial charge is 0.508 e. The Kier molecular flexibility index (Phi) is 21.7. The van der Waals surface area contributed by atoms with Crippen molar-refractivity contribution >= 4 is 0 Å². The maximum absolute atomic E-state index is 10.8. The van der Waals surface area contributed by atoms with E-state index >= 15 is 0 Å². The quantitative estimate of drug-likeness (QED) is 0.0511. The Balaban J connectivity index is 0.000000156. The van der Waals surface area contributed by atoms with Crippen LogP contribution in [0.1, 0.15) is 144 Å². The van der Waals surface area contributed by atoms with E-state index in [1.54, 1.807) is 97.1 Å². The van der Waals surface area contributed by atoms with Gasteiger partial charge in [0.15, 0.2) is 0 Å². The first-order chi connectivity index (χ1) is 47.4. The van der Waals surface area contributed by atoms with E-state index in [9.17, 15) is 61.3 Å². The molecule has 0 aromatic heterocycles. The molecular formula is C88H88O12. The molecule has 0 aliphatic carbocycles. The molecule has 0 aliphatic heterocycles. The topological polar surface area (TPSA) is 243 Å². The molecule has 12 aromatic carbocycles. The van der Waals surface area contributed by atoms with Gasteiger partial charge in [-0.25, -0.2) is 0 Å². The number of aryl methyl sites for hydroxylation is 5. The summed E-state index contributed by atoms with van der Waals surface area (Å²) in [6, 6.07) is 70.7. The minimum atomic E-state index is -0.675. The van der Waals surface area contributed by atoms with E-state index in [0.717, 1.165) is 117 Å². The molecule has 0 amide bonds. The summed E-state index contributed by atoms with van der Waals surface area (Å²) < 4.78 is 0. The first-order valence-electron chi connectivity index (χ1n) is 32.9. The molecule has 100 heavy (non-hydrogen) atoms. The van der Waals surface area contributed by atoms with E-state index in [0.29, 0.717) is 11.5 Å². The van der Waals surface area contributed by atoms with E-state index in [2.05, 4.69) is 20.8 Å². The van der Waals surface area contributed by atoms with Crippen molar-refractivity contribution in [2.75, 3.05) is 0 Å². The number of phenolic OH excluding ortho intramolecular Hbond substituents is 12. The third-order valence-corrected chi connectivity index (χ3v) is 20.0. The average molecular weight is 1340 g/mol. The Morgan fingerprint density at radius 3 is 0.740 bits per heavy atom. The van der Waals surface area contributed by atoms with E-state index in [1.807, 2.05) is 202 Å². The molecule has 0 spiro atoms. The molecule has 0 aliphatic rings. The zero-order chi connectivity index (χ0) is 72.7. The lowest BCUT2D eigenvalue weighted by Crippen LogP contribution is -2.28. The van der Waals surface area contributed by atoms with Crippen LogP contribution in [0.15, 0.2) is 237 Å². The SMILES string of the molecule is CC(c1ccc(O)cc1)(c1ccc(O)cc1)c1ccc(O)cc1.Cc1cc(C(C)(c2ccc(O)c(C)c2)c2ccc(O)c(C)c2)ccc1O.Cc1cc(C(C)(c2ccccc2O)c2cc(C)c(O)c(C)c2C)c(C)c(C)c1O.Oc1ccc(C(c2ccc(O)cc2)c2ccc(O)cc2)cc1. The molecule has 12 heteroatoms. The van der Waals surface area contributed by atoms with Crippen LogP contribution in [-0.2, 0) is 16.2 Å².